The Hall–Kier alpha value is -1.82. The number of nitrogens with one attached hydrogen (secondary N) is 1. The lowest BCUT2D eigenvalue weighted by Gasteiger charge is -2.22. The van der Waals surface area contributed by atoms with Gasteiger partial charge in [0.15, 0.2) is 11.6 Å². The van der Waals surface area contributed by atoms with Gasteiger partial charge in [0.2, 0.25) is 0 Å². The second kappa shape index (κ2) is 6.56. The van der Waals surface area contributed by atoms with Gasteiger partial charge in [-0.2, -0.15) is 0 Å². The Morgan fingerprint density at radius 3 is 2.60 bits per heavy atom. The first kappa shape index (κ1) is 16.2. The molecule has 0 aliphatic heterocycles. The van der Waals surface area contributed by atoms with Crippen LogP contribution in [0.1, 0.15) is 26.3 Å². The Kier molecular flexibility index (Phi) is 5.33. The third-order valence-electron chi connectivity index (χ3n) is 2.44. The van der Waals surface area contributed by atoms with Gasteiger partial charge in [-0.25, -0.2) is 9.18 Å². The van der Waals surface area contributed by atoms with Crippen molar-refractivity contribution >= 4 is 6.09 Å². The summed E-state index contributed by atoms with van der Waals surface area (Å²) in [5, 5.41) is 20.8. The molecule has 0 aliphatic rings. The average molecular weight is 285 g/mol. The number of ether oxygens (including phenoxy) is 1. The molecule has 0 fully saturated rings. The molecule has 1 atom stereocenters. The second-order valence-corrected chi connectivity index (χ2v) is 5.52. The first-order valence-electron chi connectivity index (χ1n) is 6.29. The number of rotatable bonds is 4. The highest BCUT2D eigenvalue weighted by molar-refractivity contribution is 5.68. The van der Waals surface area contributed by atoms with Crippen LogP contribution in [0.25, 0.3) is 0 Å². The number of benzene rings is 1. The predicted octanol–water partition coefficient (Wildman–Crippen LogP) is 1.96. The van der Waals surface area contributed by atoms with Gasteiger partial charge in [-0.1, -0.05) is 6.07 Å². The predicted molar refractivity (Wildman–Crippen MR) is 72.0 cm³/mol. The summed E-state index contributed by atoms with van der Waals surface area (Å²) in [4.78, 5) is 11.6. The number of amides is 1. The van der Waals surface area contributed by atoms with E-state index in [-0.39, 0.29) is 13.0 Å². The normalized spacial score (nSPS) is 12.8. The molecule has 112 valence electrons. The molecule has 0 aromatic heterocycles. The van der Waals surface area contributed by atoms with Gasteiger partial charge in [0, 0.05) is 0 Å². The number of aliphatic hydroxyl groups excluding tert-OH is 1. The number of phenols is 1. The Bertz CT molecular complexity index is 471. The summed E-state index contributed by atoms with van der Waals surface area (Å²) in [5.74, 6) is -1.18. The molecule has 0 unspecified atom stereocenters. The molecule has 1 aromatic carbocycles. The number of alkyl carbamates (subject to hydrolysis) is 1. The number of carbonyl (C=O) groups is 1. The highest BCUT2D eigenvalue weighted by Crippen LogP contribution is 2.17. The van der Waals surface area contributed by atoms with Gasteiger partial charge in [-0.15, -0.1) is 0 Å². The standard InChI is InChI=1S/C14H20FNO4/c1-14(2,3)20-13(19)16-10(8-17)6-9-4-5-12(18)11(15)7-9/h4-5,7,10,17-18H,6,8H2,1-3H3,(H,16,19)/t10-/m0/s1. The van der Waals surface area contributed by atoms with E-state index in [0.717, 1.165) is 6.07 Å². The molecule has 1 amide bonds. The largest absolute Gasteiger partial charge is 0.505 e. The number of hydrogen-bond donors (Lipinski definition) is 3. The highest BCUT2D eigenvalue weighted by atomic mass is 19.1. The van der Waals surface area contributed by atoms with Crippen molar-refractivity contribution in [3.63, 3.8) is 0 Å². The van der Waals surface area contributed by atoms with E-state index in [1.165, 1.54) is 12.1 Å². The molecule has 0 aliphatic carbocycles. The lowest BCUT2D eigenvalue weighted by molar-refractivity contribution is 0.0483. The molecule has 0 saturated carbocycles. The number of carbonyl (C=O) groups excluding carboxylic acids is 1. The number of halogens is 1. The molecule has 5 nitrogen and oxygen atoms in total. The third kappa shape index (κ3) is 5.44. The number of aromatic hydroxyl groups is 1. The molecule has 20 heavy (non-hydrogen) atoms. The SMILES string of the molecule is CC(C)(C)OC(=O)N[C@H](CO)Cc1ccc(O)c(F)c1. The zero-order valence-corrected chi connectivity index (χ0v) is 11.8. The highest BCUT2D eigenvalue weighted by Gasteiger charge is 2.19. The molecule has 0 bridgehead atoms. The van der Waals surface area contributed by atoms with Crippen molar-refractivity contribution in [2.45, 2.75) is 38.8 Å². The van der Waals surface area contributed by atoms with Crippen LogP contribution >= 0.6 is 0 Å². The van der Waals surface area contributed by atoms with E-state index >= 15 is 0 Å². The van der Waals surface area contributed by atoms with E-state index in [0.29, 0.717) is 5.56 Å². The third-order valence-corrected chi connectivity index (χ3v) is 2.44. The molecule has 0 radical (unpaired) electrons. The van der Waals surface area contributed by atoms with Gasteiger partial charge in [-0.05, 0) is 44.9 Å². The fourth-order valence-corrected chi connectivity index (χ4v) is 1.60. The molecule has 1 rings (SSSR count). The fraction of sp³-hybridized carbons (Fsp3) is 0.500. The lowest BCUT2D eigenvalue weighted by Crippen LogP contribution is -2.42. The zero-order chi connectivity index (χ0) is 15.3. The van der Waals surface area contributed by atoms with Crippen LogP contribution in [-0.2, 0) is 11.2 Å². The van der Waals surface area contributed by atoms with Crippen LogP contribution in [0.4, 0.5) is 9.18 Å². The van der Waals surface area contributed by atoms with Crippen molar-refractivity contribution in [2.24, 2.45) is 0 Å². The van der Waals surface area contributed by atoms with Crippen molar-refractivity contribution in [3.8, 4) is 5.75 Å². The Morgan fingerprint density at radius 1 is 1.45 bits per heavy atom. The van der Waals surface area contributed by atoms with Crippen LogP contribution in [-0.4, -0.2) is 34.6 Å². The first-order chi connectivity index (χ1) is 9.21. The van der Waals surface area contributed by atoms with Crippen LogP contribution in [0.3, 0.4) is 0 Å². The van der Waals surface area contributed by atoms with Gasteiger partial charge < -0.3 is 20.3 Å². The molecular formula is C14H20FNO4. The van der Waals surface area contributed by atoms with Gasteiger partial charge in [-0.3, -0.25) is 0 Å². The van der Waals surface area contributed by atoms with Crippen molar-refractivity contribution in [1.82, 2.24) is 5.32 Å². The quantitative estimate of drug-likeness (QED) is 0.790. The summed E-state index contributed by atoms with van der Waals surface area (Å²) in [6.07, 6.45) is -0.414. The summed E-state index contributed by atoms with van der Waals surface area (Å²) in [6.45, 7) is 4.89. The topological polar surface area (TPSA) is 78.8 Å². The van der Waals surface area contributed by atoms with E-state index in [9.17, 15) is 14.3 Å². The molecule has 1 aromatic rings. The van der Waals surface area contributed by atoms with Crippen LogP contribution < -0.4 is 5.32 Å². The summed E-state index contributed by atoms with van der Waals surface area (Å²) in [5.41, 5.74) is -0.0789. The monoisotopic (exact) mass is 285 g/mol. The van der Waals surface area contributed by atoms with E-state index < -0.39 is 29.3 Å². The fourth-order valence-electron chi connectivity index (χ4n) is 1.60. The zero-order valence-electron chi connectivity index (χ0n) is 11.8. The molecular weight excluding hydrogens is 265 g/mol. The number of phenolic OH excluding ortho intramolecular Hbond substituents is 1. The van der Waals surface area contributed by atoms with Crippen molar-refractivity contribution < 1.29 is 24.1 Å². The summed E-state index contributed by atoms with van der Waals surface area (Å²) in [7, 11) is 0. The van der Waals surface area contributed by atoms with Gasteiger partial charge in [0.05, 0.1) is 12.6 Å². The summed E-state index contributed by atoms with van der Waals surface area (Å²) >= 11 is 0. The first-order valence-corrected chi connectivity index (χ1v) is 6.29. The van der Waals surface area contributed by atoms with Crippen LogP contribution in [0.2, 0.25) is 0 Å². The molecule has 6 heteroatoms. The molecule has 0 saturated heterocycles. The van der Waals surface area contributed by atoms with Crippen molar-refractivity contribution in [2.75, 3.05) is 6.61 Å². The Labute approximate surface area is 117 Å². The van der Waals surface area contributed by atoms with E-state index in [1.807, 2.05) is 0 Å². The van der Waals surface area contributed by atoms with Gasteiger partial charge in [0.25, 0.3) is 0 Å². The van der Waals surface area contributed by atoms with E-state index in [2.05, 4.69) is 5.32 Å². The van der Waals surface area contributed by atoms with Crippen LogP contribution in [0.15, 0.2) is 18.2 Å². The summed E-state index contributed by atoms with van der Waals surface area (Å²) in [6, 6.07) is 3.33. The minimum Gasteiger partial charge on any atom is -0.505 e. The van der Waals surface area contributed by atoms with Crippen molar-refractivity contribution in [3.05, 3.63) is 29.6 Å². The molecule has 0 spiro atoms. The van der Waals surface area contributed by atoms with Gasteiger partial charge >= 0.3 is 6.09 Å². The van der Waals surface area contributed by atoms with E-state index in [4.69, 9.17) is 9.84 Å². The minimum atomic E-state index is -0.739. The summed E-state index contributed by atoms with van der Waals surface area (Å²) < 4.78 is 18.3. The smallest absolute Gasteiger partial charge is 0.407 e. The number of aliphatic hydroxyl groups is 1. The Balaban J connectivity index is 2.63. The van der Waals surface area contributed by atoms with Gasteiger partial charge in [0.1, 0.15) is 5.60 Å². The maximum atomic E-state index is 13.2. The second-order valence-electron chi connectivity index (χ2n) is 5.52. The van der Waals surface area contributed by atoms with Crippen molar-refractivity contribution in [1.29, 1.82) is 0 Å². The van der Waals surface area contributed by atoms with E-state index in [1.54, 1.807) is 20.8 Å². The van der Waals surface area contributed by atoms with Crippen LogP contribution in [0, 0.1) is 5.82 Å². The maximum absolute atomic E-state index is 13.2. The molecule has 3 N–H and O–H groups in total. The number of hydrogen-bond acceptors (Lipinski definition) is 4. The molecule has 0 heterocycles. The lowest BCUT2D eigenvalue weighted by atomic mass is 10.1. The Morgan fingerprint density at radius 2 is 2.10 bits per heavy atom. The minimum absolute atomic E-state index is 0.229. The maximum Gasteiger partial charge on any atom is 0.407 e. The average Bonchev–Trinajstić information content (AvgIpc) is 2.30. The van der Waals surface area contributed by atoms with Crippen LogP contribution in [0.5, 0.6) is 5.75 Å².